The predicted octanol–water partition coefficient (Wildman–Crippen LogP) is 3.04. The zero-order chi connectivity index (χ0) is 23.4. The molecule has 0 unspecified atom stereocenters. The molecule has 168 valence electrons. The Morgan fingerprint density at radius 2 is 1.76 bits per heavy atom. The number of rotatable bonds is 5. The quantitative estimate of drug-likeness (QED) is 0.628. The number of carbonyl (C=O) groups excluding carboxylic acids is 3. The first-order chi connectivity index (χ1) is 15.9. The van der Waals surface area contributed by atoms with Gasteiger partial charge in [-0.25, -0.2) is 4.98 Å². The third-order valence-electron chi connectivity index (χ3n) is 5.79. The summed E-state index contributed by atoms with van der Waals surface area (Å²) >= 11 is 0. The van der Waals surface area contributed by atoms with Crippen molar-refractivity contribution < 1.29 is 14.4 Å². The van der Waals surface area contributed by atoms with Crippen LogP contribution in [0.25, 0.3) is 11.3 Å². The standard InChI is InChI=1S/C25H25N5O3/c1-16-22(24(32)28-20-8-3-2-4-9-20)29-21(15-27-16)18-6-5-7-19(14-18)25(33)30-12-10-17(11-13-30)23(26)31/h2-9,14-15,17H,10-13H2,1H3,(H2,26,31)(H,28,32). The molecule has 0 radical (unpaired) electrons. The summed E-state index contributed by atoms with van der Waals surface area (Å²) < 4.78 is 0. The number of piperidine rings is 1. The van der Waals surface area contributed by atoms with Crippen LogP contribution in [0.5, 0.6) is 0 Å². The minimum absolute atomic E-state index is 0.109. The van der Waals surface area contributed by atoms with Crippen LogP contribution in [-0.2, 0) is 4.79 Å². The fraction of sp³-hybridized carbons (Fsp3) is 0.240. The first-order valence-electron chi connectivity index (χ1n) is 10.8. The van der Waals surface area contributed by atoms with E-state index in [0.29, 0.717) is 54.1 Å². The summed E-state index contributed by atoms with van der Waals surface area (Å²) in [5.41, 5.74) is 8.50. The van der Waals surface area contributed by atoms with Crippen LogP contribution in [0.2, 0.25) is 0 Å². The molecule has 0 saturated carbocycles. The molecular weight excluding hydrogens is 418 g/mol. The van der Waals surface area contributed by atoms with E-state index >= 15 is 0 Å². The fourth-order valence-electron chi connectivity index (χ4n) is 3.88. The van der Waals surface area contributed by atoms with Gasteiger partial charge >= 0.3 is 0 Å². The molecule has 2 aromatic carbocycles. The molecule has 1 aromatic heterocycles. The van der Waals surface area contributed by atoms with Crippen molar-refractivity contribution in [2.24, 2.45) is 11.7 Å². The molecule has 0 bridgehead atoms. The highest BCUT2D eigenvalue weighted by atomic mass is 16.2. The van der Waals surface area contributed by atoms with E-state index in [-0.39, 0.29) is 29.3 Å². The maximum Gasteiger partial charge on any atom is 0.276 e. The molecule has 8 nitrogen and oxygen atoms in total. The van der Waals surface area contributed by atoms with Gasteiger partial charge in [0.1, 0.15) is 5.69 Å². The topological polar surface area (TPSA) is 118 Å². The van der Waals surface area contributed by atoms with Gasteiger partial charge in [0.25, 0.3) is 11.8 Å². The molecule has 1 aliphatic heterocycles. The highest BCUT2D eigenvalue weighted by molar-refractivity contribution is 6.04. The van der Waals surface area contributed by atoms with Crippen molar-refractivity contribution in [1.29, 1.82) is 0 Å². The van der Waals surface area contributed by atoms with E-state index in [0.717, 1.165) is 0 Å². The summed E-state index contributed by atoms with van der Waals surface area (Å²) in [6.45, 7) is 2.71. The Hall–Kier alpha value is -4.07. The Balaban J connectivity index is 1.53. The van der Waals surface area contributed by atoms with Crippen LogP contribution in [-0.4, -0.2) is 45.7 Å². The SMILES string of the molecule is Cc1ncc(-c2cccc(C(=O)N3CCC(C(N)=O)CC3)c2)nc1C(=O)Nc1ccccc1. The van der Waals surface area contributed by atoms with Gasteiger partial charge in [0, 0.05) is 35.8 Å². The molecule has 8 heteroatoms. The number of nitrogens with zero attached hydrogens (tertiary/aromatic N) is 3. The second-order valence-electron chi connectivity index (χ2n) is 8.06. The number of aromatic nitrogens is 2. The van der Waals surface area contributed by atoms with E-state index in [4.69, 9.17) is 5.73 Å². The van der Waals surface area contributed by atoms with Gasteiger partial charge in [-0.1, -0.05) is 30.3 Å². The molecule has 4 rings (SSSR count). The lowest BCUT2D eigenvalue weighted by atomic mass is 9.95. The van der Waals surface area contributed by atoms with E-state index in [1.54, 1.807) is 48.4 Å². The number of primary amides is 1. The highest BCUT2D eigenvalue weighted by Crippen LogP contribution is 2.23. The Morgan fingerprint density at radius 3 is 2.45 bits per heavy atom. The number of amides is 3. The van der Waals surface area contributed by atoms with Crippen LogP contribution < -0.4 is 11.1 Å². The summed E-state index contributed by atoms with van der Waals surface area (Å²) in [5, 5.41) is 2.83. The Labute approximate surface area is 191 Å². The first kappa shape index (κ1) is 22.1. The number of benzene rings is 2. The maximum absolute atomic E-state index is 13.0. The van der Waals surface area contributed by atoms with Gasteiger partial charge in [-0.05, 0) is 44.0 Å². The number of likely N-dealkylation sites (tertiary alicyclic amines) is 1. The molecular formula is C25H25N5O3. The van der Waals surface area contributed by atoms with Gasteiger partial charge in [0.05, 0.1) is 17.6 Å². The highest BCUT2D eigenvalue weighted by Gasteiger charge is 2.26. The summed E-state index contributed by atoms with van der Waals surface area (Å²) in [5.74, 6) is -0.947. The molecule has 3 N–H and O–H groups in total. The lowest BCUT2D eigenvalue weighted by molar-refractivity contribution is -0.123. The molecule has 33 heavy (non-hydrogen) atoms. The van der Waals surface area contributed by atoms with Crippen LogP contribution in [0.4, 0.5) is 5.69 Å². The van der Waals surface area contributed by atoms with Crippen LogP contribution >= 0.6 is 0 Å². The van der Waals surface area contributed by atoms with Crippen LogP contribution in [0.1, 0.15) is 39.4 Å². The number of hydrogen-bond donors (Lipinski definition) is 2. The van der Waals surface area contributed by atoms with Crippen molar-refractivity contribution in [1.82, 2.24) is 14.9 Å². The average Bonchev–Trinajstić information content (AvgIpc) is 2.84. The van der Waals surface area contributed by atoms with Crippen LogP contribution in [0, 0.1) is 12.8 Å². The van der Waals surface area contributed by atoms with E-state index in [9.17, 15) is 14.4 Å². The monoisotopic (exact) mass is 443 g/mol. The van der Waals surface area contributed by atoms with Crippen molar-refractivity contribution in [3.8, 4) is 11.3 Å². The normalized spacial score (nSPS) is 14.0. The van der Waals surface area contributed by atoms with E-state index in [1.165, 1.54) is 0 Å². The fourth-order valence-corrected chi connectivity index (χ4v) is 3.88. The zero-order valence-corrected chi connectivity index (χ0v) is 18.3. The lowest BCUT2D eigenvalue weighted by Gasteiger charge is -2.30. The zero-order valence-electron chi connectivity index (χ0n) is 18.3. The molecule has 0 atom stereocenters. The molecule has 3 amide bonds. The van der Waals surface area contributed by atoms with E-state index < -0.39 is 0 Å². The third kappa shape index (κ3) is 5.06. The second kappa shape index (κ2) is 9.60. The smallest absolute Gasteiger partial charge is 0.276 e. The third-order valence-corrected chi connectivity index (χ3v) is 5.79. The Morgan fingerprint density at radius 1 is 1.03 bits per heavy atom. The number of anilines is 1. The second-order valence-corrected chi connectivity index (χ2v) is 8.06. The van der Waals surface area contributed by atoms with Crippen LogP contribution in [0.3, 0.4) is 0 Å². The van der Waals surface area contributed by atoms with Crippen LogP contribution in [0.15, 0.2) is 60.8 Å². The summed E-state index contributed by atoms with van der Waals surface area (Å²) in [4.78, 5) is 47.8. The van der Waals surface area contributed by atoms with Gasteiger partial charge in [0.2, 0.25) is 5.91 Å². The van der Waals surface area contributed by atoms with Crippen molar-refractivity contribution in [2.75, 3.05) is 18.4 Å². The molecule has 1 fully saturated rings. The molecule has 2 heterocycles. The van der Waals surface area contributed by atoms with Gasteiger partial charge in [0.15, 0.2) is 0 Å². The molecule has 0 aliphatic carbocycles. The minimum atomic E-state index is -0.349. The van der Waals surface area contributed by atoms with Crippen molar-refractivity contribution in [3.63, 3.8) is 0 Å². The lowest BCUT2D eigenvalue weighted by Crippen LogP contribution is -2.41. The molecule has 1 saturated heterocycles. The number of nitrogens with one attached hydrogen (secondary N) is 1. The molecule has 3 aromatic rings. The van der Waals surface area contributed by atoms with Gasteiger partial charge in [-0.2, -0.15) is 0 Å². The molecule has 1 aliphatic rings. The van der Waals surface area contributed by atoms with Gasteiger partial charge in [-0.3, -0.25) is 19.4 Å². The van der Waals surface area contributed by atoms with E-state index in [2.05, 4.69) is 15.3 Å². The predicted molar refractivity (Wildman–Crippen MR) is 124 cm³/mol. The Bertz CT molecular complexity index is 1190. The minimum Gasteiger partial charge on any atom is -0.369 e. The van der Waals surface area contributed by atoms with Gasteiger partial charge in [-0.15, -0.1) is 0 Å². The maximum atomic E-state index is 13.0. The largest absolute Gasteiger partial charge is 0.369 e. The van der Waals surface area contributed by atoms with Gasteiger partial charge < -0.3 is 16.0 Å². The summed E-state index contributed by atoms with van der Waals surface area (Å²) in [7, 11) is 0. The first-order valence-corrected chi connectivity index (χ1v) is 10.8. The summed E-state index contributed by atoms with van der Waals surface area (Å²) in [6, 6.07) is 16.2. The van der Waals surface area contributed by atoms with Crippen molar-refractivity contribution in [2.45, 2.75) is 19.8 Å². The Kier molecular flexibility index (Phi) is 6.44. The number of nitrogens with two attached hydrogens (primary N) is 1. The van der Waals surface area contributed by atoms with Crippen molar-refractivity contribution >= 4 is 23.4 Å². The number of carbonyl (C=O) groups is 3. The average molecular weight is 444 g/mol. The van der Waals surface area contributed by atoms with E-state index in [1.807, 2.05) is 24.3 Å². The number of aryl methyl sites for hydroxylation is 1. The summed E-state index contributed by atoms with van der Waals surface area (Å²) in [6.07, 6.45) is 2.74. The van der Waals surface area contributed by atoms with Crippen molar-refractivity contribution in [3.05, 3.63) is 77.7 Å². The number of hydrogen-bond acceptors (Lipinski definition) is 5. The number of para-hydroxylation sites is 1. The molecule has 0 spiro atoms.